The predicted octanol–water partition coefficient (Wildman–Crippen LogP) is 1.16. The van der Waals surface area contributed by atoms with E-state index in [2.05, 4.69) is 9.82 Å². The summed E-state index contributed by atoms with van der Waals surface area (Å²) in [6.07, 6.45) is -4.18. The Morgan fingerprint density at radius 1 is 1.28 bits per heavy atom. The highest BCUT2D eigenvalue weighted by molar-refractivity contribution is 7.89. The van der Waals surface area contributed by atoms with Crippen molar-refractivity contribution in [3.63, 3.8) is 0 Å². The van der Waals surface area contributed by atoms with Crippen LogP contribution in [0.15, 0.2) is 41.6 Å². The Hall–Kier alpha value is -2.11. The number of nitrogens with zero attached hydrogens (tertiary/aromatic N) is 2. The van der Waals surface area contributed by atoms with Crippen molar-refractivity contribution in [2.45, 2.75) is 17.3 Å². The van der Waals surface area contributed by atoms with Crippen LogP contribution < -0.4 is 9.46 Å². The highest BCUT2D eigenvalue weighted by atomic mass is 32.2. The van der Waals surface area contributed by atoms with E-state index in [0.717, 1.165) is 24.3 Å². The molecule has 0 spiro atoms. The van der Waals surface area contributed by atoms with Gasteiger partial charge in [-0.05, 0) is 30.3 Å². The van der Waals surface area contributed by atoms with Crippen molar-refractivity contribution in [2.75, 3.05) is 13.2 Å². The van der Waals surface area contributed by atoms with Gasteiger partial charge in [0.15, 0.2) is 5.03 Å². The standard InChI is InChI=1S/C14H16F3N3O4S/c1-20-7-6-13(19-20)25(22,23)18-8-11(21)9-24-12-4-2-10(3-5-12)14(15,16)17/h2-7,11,18,21H,8-9H2,1H3. The van der Waals surface area contributed by atoms with E-state index < -0.39 is 27.9 Å². The molecule has 0 bridgehead atoms. The maximum Gasteiger partial charge on any atom is 0.416 e. The smallest absolute Gasteiger partial charge is 0.416 e. The molecule has 1 aromatic carbocycles. The largest absolute Gasteiger partial charge is 0.491 e. The van der Waals surface area contributed by atoms with Gasteiger partial charge in [-0.25, -0.2) is 13.1 Å². The van der Waals surface area contributed by atoms with E-state index in [1.807, 2.05) is 0 Å². The van der Waals surface area contributed by atoms with Crippen LogP contribution in [0.2, 0.25) is 0 Å². The van der Waals surface area contributed by atoms with E-state index >= 15 is 0 Å². The average Bonchev–Trinajstić information content (AvgIpc) is 2.98. The van der Waals surface area contributed by atoms with Crippen LogP contribution in [0.25, 0.3) is 0 Å². The third-order valence-electron chi connectivity index (χ3n) is 3.10. The van der Waals surface area contributed by atoms with Gasteiger partial charge in [-0.1, -0.05) is 0 Å². The zero-order valence-electron chi connectivity index (χ0n) is 13.1. The van der Waals surface area contributed by atoms with E-state index in [4.69, 9.17) is 4.74 Å². The molecule has 7 nitrogen and oxygen atoms in total. The fourth-order valence-corrected chi connectivity index (χ4v) is 2.84. The Morgan fingerprint density at radius 3 is 2.44 bits per heavy atom. The summed E-state index contributed by atoms with van der Waals surface area (Å²) in [5.41, 5.74) is -0.816. The SMILES string of the molecule is Cn1ccc(S(=O)(=O)NCC(O)COc2ccc(C(F)(F)F)cc2)n1. The van der Waals surface area contributed by atoms with Crippen LogP contribution in [-0.2, 0) is 23.2 Å². The summed E-state index contributed by atoms with van der Waals surface area (Å²) in [5, 5.41) is 13.3. The Balaban J connectivity index is 1.83. The zero-order chi connectivity index (χ0) is 18.7. The number of hydrogen-bond donors (Lipinski definition) is 2. The first-order valence-corrected chi connectivity index (χ1v) is 8.54. The molecule has 0 aliphatic rings. The molecule has 2 N–H and O–H groups in total. The minimum atomic E-state index is -4.44. The number of alkyl halides is 3. The van der Waals surface area contributed by atoms with Crippen LogP contribution in [0, 0.1) is 0 Å². The van der Waals surface area contributed by atoms with Crippen molar-refractivity contribution in [3.05, 3.63) is 42.1 Å². The van der Waals surface area contributed by atoms with Crippen molar-refractivity contribution in [1.29, 1.82) is 0 Å². The quantitative estimate of drug-likeness (QED) is 0.753. The van der Waals surface area contributed by atoms with Gasteiger partial charge in [-0.15, -0.1) is 0 Å². The fraction of sp³-hybridized carbons (Fsp3) is 0.357. The van der Waals surface area contributed by atoms with Gasteiger partial charge in [0.2, 0.25) is 0 Å². The summed E-state index contributed by atoms with van der Waals surface area (Å²) in [6, 6.07) is 5.24. The van der Waals surface area contributed by atoms with Gasteiger partial charge in [0.1, 0.15) is 18.5 Å². The molecule has 1 unspecified atom stereocenters. The monoisotopic (exact) mass is 379 g/mol. The minimum absolute atomic E-state index is 0.125. The maximum atomic E-state index is 12.4. The summed E-state index contributed by atoms with van der Waals surface area (Å²) in [5.74, 6) is 0.125. The van der Waals surface area contributed by atoms with Crippen molar-refractivity contribution in [1.82, 2.24) is 14.5 Å². The molecule has 11 heteroatoms. The van der Waals surface area contributed by atoms with Crippen LogP contribution in [0.4, 0.5) is 13.2 Å². The average molecular weight is 379 g/mol. The lowest BCUT2D eigenvalue weighted by Crippen LogP contribution is -2.35. The van der Waals surface area contributed by atoms with E-state index in [1.54, 1.807) is 7.05 Å². The van der Waals surface area contributed by atoms with E-state index in [-0.39, 0.29) is 23.9 Å². The number of sulfonamides is 1. The number of benzene rings is 1. The second-order valence-corrected chi connectivity index (χ2v) is 6.88. The predicted molar refractivity (Wildman–Crippen MR) is 81.3 cm³/mol. The Kier molecular flexibility index (Phi) is 5.70. The Labute approximate surface area is 142 Å². The first-order chi connectivity index (χ1) is 11.6. The summed E-state index contributed by atoms with van der Waals surface area (Å²) in [7, 11) is -2.30. The molecule has 1 aromatic heterocycles. The third kappa shape index (κ3) is 5.44. The molecule has 0 saturated carbocycles. The number of rotatable bonds is 7. The number of aliphatic hydroxyl groups excluding tert-OH is 1. The van der Waals surface area contributed by atoms with Crippen LogP contribution >= 0.6 is 0 Å². The van der Waals surface area contributed by atoms with Gasteiger partial charge in [-0.2, -0.15) is 18.3 Å². The molecule has 0 aliphatic carbocycles. The number of hydrogen-bond acceptors (Lipinski definition) is 5. The second kappa shape index (κ2) is 7.42. The van der Waals surface area contributed by atoms with Gasteiger partial charge >= 0.3 is 6.18 Å². The van der Waals surface area contributed by atoms with Crippen LogP contribution in [0.1, 0.15) is 5.56 Å². The van der Waals surface area contributed by atoms with Gasteiger partial charge in [0.05, 0.1) is 5.56 Å². The van der Waals surface area contributed by atoms with E-state index in [9.17, 15) is 26.7 Å². The number of ether oxygens (including phenoxy) is 1. The molecule has 0 amide bonds. The minimum Gasteiger partial charge on any atom is -0.491 e. The first kappa shape index (κ1) is 19.2. The Bertz CT molecular complexity index is 803. The molecular formula is C14H16F3N3O4S. The van der Waals surface area contributed by atoms with E-state index in [0.29, 0.717) is 0 Å². The highest BCUT2D eigenvalue weighted by Gasteiger charge is 2.30. The molecule has 2 aromatic rings. The van der Waals surface area contributed by atoms with Crippen LogP contribution in [0.5, 0.6) is 5.75 Å². The van der Waals surface area contributed by atoms with E-state index in [1.165, 1.54) is 16.9 Å². The summed E-state index contributed by atoms with van der Waals surface area (Å²) in [4.78, 5) is 0. The lowest BCUT2D eigenvalue weighted by molar-refractivity contribution is -0.137. The number of aryl methyl sites for hydroxylation is 1. The first-order valence-electron chi connectivity index (χ1n) is 7.05. The van der Waals surface area contributed by atoms with Gasteiger partial charge in [-0.3, -0.25) is 4.68 Å². The van der Waals surface area contributed by atoms with Crippen molar-refractivity contribution < 1.29 is 31.4 Å². The molecule has 0 aliphatic heterocycles. The van der Waals surface area contributed by atoms with Gasteiger partial charge < -0.3 is 9.84 Å². The molecule has 1 atom stereocenters. The molecule has 2 rings (SSSR count). The number of nitrogens with one attached hydrogen (secondary N) is 1. The lowest BCUT2D eigenvalue weighted by atomic mass is 10.2. The zero-order valence-corrected chi connectivity index (χ0v) is 13.9. The third-order valence-corrected chi connectivity index (χ3v) is 4.41. The van der Waals surface area contributed by atoms with Gasteiger partial charge in [0.25, 0.3) is 10.0 Å². The lowest BCUT2D eigenvalue weighted by Gasteiger charge is -2.13. The molecule has 0 saturated heterocycles. The molecular weight excluding hydrogens is 363 g/mol. The Morgan fingerprint density at radius 2 is 1.92 bits per heavy atom. The second-order valence-electron chi connectivity index (χ2n) is 5.17. The summed E-state index contributed by atoms with van der Waals surface area (Å²) >= 11 is 0. The van der Waals surface area contributed by atoms with Crippen LogP contribution in [-0.4, -0.2) is 42.6 Å². The normalized spacial score (nSPS) is 13.6. The number of aliphatic hydroxyl groups is 1. The molecule has 1 heterocycles. The summed E-state index contributed by atoms with van der Waals surface area (Å²) in [6.45, 7) is -0.629. The summed E-state index contributed by atoms with van der Waals surface area (Å²) < 4.78 is 69.8. The number of halogens is 3. The highest BCUT2D eigenvalue weighted by Crippen LogP contribution is 2.30. The van der Waals surface area contributed by atoms with Crippen molar-refractivity contribution in [2.24, 2.45) is 7.05 Å². The molecule has 0 fully saturated rings. The van der Waals surface area contributed by atoms with Crippen LogP contribution in [0.3, 0.4) is 0 Å². The molecule has 25 heavy (non-hydrogen) atoms. The molecule has 0 radical (unpaired) electrons. The maximum absolute atomic E-state index is 12.4. The van der Waals surface area contributed by atoms with Crippen molar-refractivity contribution >= 4 is 10.0 Å². The van der Waals surface area contributed by atoms with Crippen molar-refractivity contribution in [3.8, 4) is 5.75 Å². The number of aromatic nitrogens is 2. The van der Waals surface area contributed by atoms with Gasteiger partial charge in [0, 0.05) is 19.8 Å². The topological polar surface area (TPSA) is 93.5 Å². The fourth-order valence-electron chi connectivity index (χ4n) is 1.81. The molecule has 138 valence electrons.